The number of hydrogen-bond acceptors (Lipinski definition) is 4. The first-order valence-electron chi connectivity index (χ1n) is 15.6. The molecule has 0 aliphatic heterocycles. The van der Waals surface area contributed by atoms with Crippen molar-refractivity contribution in [1.29, 1.82) is 0 Å². The maximum absolute atomic E-state index is 11.9. The Bertz CT molecular complexity index is 919. The van der Waals surface area contributed by atoms with Crippen molar-refractivity contribution in [1.82, 2.24) is 0 Å². The highest BCUT2D eigenvalue weighted by Gasteiger charge is 2.64. The standard InChI is InChI=1S/C32H58O4Si2/c1-22(12-15-28(33)34-5)24-13-14-25-29-26(17-18-31(24,25)3)32(4)19-16-23(35-37(6,7)8)20-30(32,2)21-27(29)36-38(9,10)11/h21-26,29H,12-20H2,1-11H3/t22-,23?,24-,25?,26?,29+,30+,31-,32-/m1/s1. The van der Waals surface area contributed by atoms with Gasteiger partial charge in [0.25, 0.3) is 0 Å². The van der Waals surface area contributed by atoms with Crippen LogP contribution in [-0.4, -0.2) is 35.8 Å². The van der Waals surface area contributed by atoms with Crippen molar-refractivity contribution in [3.63, 3.8) is 0 Å². The Labute approximate surface area is 236 Å². The lowest BCUT2D eigenvalue weighted by molar-refractivity contribution is -0.141. The van der Waals surface area contributed by atoms with Gasteiger partial charge in [0, 0.05) is 18.4 Å². The van der Waals surface area contributed by atoms with Gasteiger partial charge in [-0.15, -0.1) is 0 Å². The first-order chi connectivity index (χ1) is 17.4. The lowest BCUT2D eigenvalue weighted by atomic mass is 9.42. The minimum Gasteiger partial charge on any atom is -0.547 e. The second kappa shape index (κ2) is 10.3. The largest absolute Gasteiger partial charge is 0.547 e. The Kier molecular flexibility index (Phi) is 8.27. The van der Waals surface area contributed by atoms with E-state index in [0.29, 0.717) is 52.9 Å². The normalized spacial score (nSPS) is 41.9. The van der Waals surface area contributed by atoms with Crippen LogP contribution in [0.3, 0.4) is 0 Å². The number of ether oxygens (including phenoxy) is 1. The molecule has 0 aromatic rings. The van der Waals surface area contributed by atoms with Crippen LogP contribution in [0.25, 0.3) is 0 Å². The predicted octanol–water partition coefficient (Wildman–Crippen LogP) is 8.80. The zero-order valence-electron chi connectivity index (χ0n) is 26.5. The molecule has 38 heavy (non-hydrogen) atoms. The number of esters is 1. The molecule has 0 saturated heterocycles. The van der Waals surface area contributed by atoms with Crippen LogP contribution in [0.1, 0.15) is 85.5 Å². The monoisotopic (exact) mass is 562 g/mol. The van der Waals surface area contributed by atoms with E-state index >= 15 is 0 Å². The fourth-order valence-corrected chi connectivity index (χ4v) is 11.8. The third-order valence-electron chi connectivity index (χ3n) is 11.6. The highest BCUT2D eigenvalue weighted by Crippen LogP contribution is 2.71. The first-order valence-corrected chi connectivity index (χ1v) is 22.4. The molecule has 0 aromatic carbocycles. The highest BCUT2D eigenvalue weighted by atomic mass is 28.4. The molecule has 0 bridgehead atoms. The lowest BCUT2D eigenvalue weighted by Gasteiger charge is -2.64. The summed E-state index contributed by atoms with van der Waals surface area (Å²) in [5, 5.41) is 0. The summed E-state index contributed by atoms with van der Waals surface area (Å²) in [4.78, 5) is 11.9. The molecule has 4 rings (SSSR count). The molecular formula is C32H58O4Si2. The molecule has 0 aromatic heterocycles. The summed E-state index contributed by atoms with van der Waals surface area (Å²) in [5.74, 6) is 4.39. The quantitative estimate of drug-likeness (QED) is 0.219. The van der Waals surface area contributed by atoms with Gasteiger partial charge in [-0.05, 0) is 137 Å². The third kappa shape index (κ3) is 5.61. The fraction of sp³-hybridized carbons (Fsp3) is 0.906. The maximum atomic E-state index is 11.9. The minimum absolute atomic E-state index is 0.0674. The summed E-state index contributed by atoms with van der Waals surface area (Å²) >= 11 is 0. The van der Waals surface area contributed by atoms with Crippen LogP contribution < -0.4 is 0 Å². The molecule has 0 radical (unpaired) electrons. The average molecular weight is 563 g/mol. The molecule has 218 valence electrons. The van der Waals surface area contributed by atoms with Crippen molar-refractivity contribution in [2.24, 2.45) is 45.8 Å². The van der Waals surface area contributed by atoms with E-state index in [1.165, 1.54) is 51.4 Å². The van der Waals surface area contributed by atoms with Crippen LogP contribution in [0, 0.1) is 45.8 Å². The van der Waals surface area contributed by atoms with Gasteiger partial charge in [0.1, 0.15) is 0 Å². The highest BCUT2D eigenvalue weighted by molar-refractivity contribution is 6.70. The molecular weight excluding hydrogens is 505 g/mol. The zero-order valence-corrected chi connectivity index (χ0v) is 28.5. The molecule has 3 saturated carbocycles. The number of carbonyl (C=O) groups excluding carboxylic acids is 1. The zero-order chi connectivity index (χ0) is 28.3. The lowest BCUT2D eigenvalue weighted by Crippen LogP contribution is -2.59. The summed E-state index contributed by atoms with van der Waals surface area (Å²) in [5.41, 5.74) is 0.727. The van der Waals surface area contributed by atoms with E-state index in [1.54, 1.807) is 0 Å². The number of methoxy groups -OCH3 is 1. The van der Waals surface area contributed by atoms with E-state index in [1.807, 2.05) is 0 Å². The number of hydrogen-bond donors (Lipinski definition) is 0. The molecule has 9 atom stereocenters. The Morgan fingerprint density at radius 1 is 0.974 bits per heavy atom. The molecule has 6 heteroatoms. The van der Waals surface area contributed by atoms with E-state index in [9.17, 15) is 4.79 Å². The van der Waals surface area contributed by atoms with Gasteiger partial charge >= 0.3 is 5.97 Å². The number of carbonyl (C=O) groups is 1. The van der Waals surface area contributed by atoms with Crippen molar-refractivity contribution in [2.45, 2.75) is 131 Å². The van der Waals surface area contributed by atoms with Crippen LogP contribution in [0.4, 0.5) is 0 Å². The van der Waals surface area contributed by atoms with Gasteiger partial charge in [-0.3, -0.25) is 4.79 Å². The topological polar surface area (TPSA) is 44.8 Å². The van der Waals surface area contributed by atoms with E-state index in [4.69, 9.17) is 13.6 Å². The van der Waals surface area contributed by atoms with Gasteiger partial charge in [-0.2, -0.15) is 0 Å². The van der Waals surface area contributed by atoms with Crippen LogP contribution in [0.15, 0.2) is 11.8 Å². The van der Waals surface area contributed by atoms with Gasteiger partial charge in [-0.25, -0.2) is 0 Å². The van der Waals surface area contributed by atoms with E-state index in [0.717, 1.165) is 12.8 Å². The predicted molar refractivity (Wildman–Crippen MR) is 162 cm³/mol. The van der Waals surface area contributed by atoms with Crippen molar-refractivity contribution in [3.8, 4) is 0 Å². The van der Waals surface area contributed by atoms with Crippen molar-refractivity contribution in [3.05, 3.63) is 11.8 Å². The van der Waals surface area contributed by atoms with Gasteiger partial charge < -0.3 is 13.6 Å². The van der Waals surface area contributed by atoms with E-state index in [2.05, 4.69) is 73.1 Å². The third-order valence-corrected chi connectivity index (χ3v) is 13.4. The van der Waals surface area contributed by atoms with E-state index in [-0.39, 0.29) is 11.4 Å². The van der Waals surface area contributed by atoms with Gasteiger partial charge in [0.2, 0.25) is 8.32 Å². The summed E-state index contributed by atoms with van der Waals surface area (Å²) < 4.78 is 18.8. The van der Waals surface area contributed by atoms with Crippen molar-refractivity contribution in [2.75, 3.05) is 7.11 Å². The smallest absolute Gasteiger partial charge is 0.305 e. The van der Waals surface area contributed by atoms with Crippen LogP contribution in [0.2, 0.25) is 39.3 Å². The maximum Gasteiger partial charge on any atom is 0.305 e. The molecule has 3 fully saturated rings. The molecule has 4 aliphatic carbocycles. The summed E-state index contributed by atoms with van der Waals surface area (Å²) in [6, 6.07) is 0. The summed E-state index contributed by atoms with van der Waals surface area (Å²) in [6.07, 6.45) is 13.3. The Hall–Kier alpha value is -0.596. The molecule has 0 N–H and O–H groups in total. The molecule has 0 amide bonds. The summed E-state index contributed by atoms with van der Waals surface area (Å²) in [6.45, 7) is 24.2. The number of rotatable bonds is 8. The molecule has 0 spiro atoms. The Balaban J connectivity index is 1.68. The first kappa shape index (κ1) is 30.4. The number of allylic oxidation sites excluding steroid dienone is 2. The molecule has 4 aliphatic rings. The van der Waals surface area contributed by atoms with Crippen LogP contribution >= 0.6 is 0 Å². The van der Waals surface area contributed by atoms with Crippen LogP contribution in [-0.2, 0) is 18.4 Å². The van der Waals surface area contributed by atoms with Crippen molar-refractivity contribution < 1.29 is 18.4 Å². The van der Waals surface area contributed by atoms with E-state index < -0.39 is 16.6 Å². The molecule has 4 nitrogen and oxygen atoms in total. The SMILES string of the molecule is COC(=O)CC[C@@H](C)[C@H]1CCC2[C@@H]3C(O[Si](C)(C)C)=C[C@]4(C)CC(O[Si](C)(C)C)CC[C@]4(C)C3CC[C@@]21C. The van der Waals surface area contributed by atoms with Crippen LogP contribution in [0.5, 0.6) is 0 Å². The fourth-order valence-electron chi connectivity index (χ4n) is 9.72. The van der Waals surface area contributed by atoms with Gasteiger partial charge in [0.05, 0.1) is 12.9 Å². The average Bonchev–Trinajstić information content (AvgIpc) is 3.13. The minimum atomic E-state index is -1.77. The Morgan fingerprint density at radius 3 is 2.26 bits per heavy atom. The second-order valence-electron chi connectivity index (χ2n) is 16.3. The second-order valence-corrected chi connectivity index (χ2v) is 25.1. The summed E-state index contributed by atoms with van der Waals surface area (Å²) in [7, 11) is -1.85. The number of fused-ring (bicyclic) bond motifs is 5. The van der Waals surface area contributed by atoms with Gasteiger partial charge in [0.15, 0.2) is 8.32 Å². The van der Waals surface area contributed by atoms with Crippen molar-refractivity contribution >= 4 is 22.6 Å². The van der Waals surface area contributed by atoms with Gasteiger partial charge in [-0.1, -0.05) is 27.7 Å². The molecule has 0 heterocycles. The Morgan fingerprint density at radius 2 is 1.66 bits per heavy atom. The molecule has 3 unspecified atom stereocenters.